The van der Waals surface area contributed by atoms with E-state index >= 15 is 0 Å². The molecule has 0 aromatic rings. The van der Waals surface area contributed by atoms with E-state index in [4.69, 9.17) is 0 Å². The molecule has 0 unspecified atom stereocenters. The molecule has 0 N–H and O–H groups in total. The first-order valence-corrected chi connectivity index (χ1v) is 6.27. The van der Waals surface area contributed by atoms with Crippen LogP contribution in [0, 0.1) is 0 Å². The van der Waals surface area contributed by atoms with Crippen LogP contribution in [0.2, 0.25) is 0 Å². The van der Waals surface area contributed by atoms with E-state index in [1.54, 1.807) is 0 Å². The molecule has 0 aliphatic heterocycles. The lowest BCUT2D eigenvalue weighted by Crippen LogP contribution is -1.94. The zero-order valence-electron chi connectivity index (χ0n) is 11.6. The van der Waals surface area contributed by atoms with Crippen LogP contribution in [0.3, 0.4) is 0 Å². The van der Waals surface area contributed by atoms with Crippen molar-refractivity contribution < 1.29 is 0 Å². The lowest BCUT2D eigenvalue weighted by atomic mass is 9.92. The van der Waals surface area contributed by atoms with Gasteiger partial charge in [0.2, 0.25) is 0 Å². The minimum atomic E-state index is 1.09. The second-order valence-electron chi connectivity index (χ2n) is 4.16. The Balaban J connectivity index is 5.49. The first kappa shape index (κ1) is 15.0. The van der Waals surface area contributed by atoms with Crippen molar-refractivity contribution in [1.82, 2.24) is 0 Å². The summed E-state index contributed by atoms with van der Waals surface area (Å²) in [7, 11) is 0. The molecule has 0 fully saturated rings. The highest BCUT2D eigenvalue weighted by molar-refractivity contribution is 5.47. The van der Waals surface area contributed by atoms with Gasteiger partial charge in [0.05, 0.1) is 0 Å². The number of hydrogen-bond donors (Lipinski definition) is 0. The third kappa shape index (κ3) is 4.22. The van der Waals surface area contributed by atoms with Gasteiger partial charge in [0.15, 0.2) is 0 Å². The molecule has 16 heavy (non-hydrogen) atoms. The van der Waals surface area contributed by atoms with E-state index in [2.05, 4.69) is 53.3 Å². The van der Waals surface area contributed by atoms with Crippen molar-refractivity contribution in [3.05, 3.63) is 47.1 Å². The lowest BCUT2D eigenvalue weighted by molar-refractivity contribution is 0.879. The molecule has 0 saturated carbocycles. The average Bonchev–Trinajstić information content (AvgIpc) is 2.28. The van der Waals surface area contributed by atoms with Crippen LogP contribution in [0.4, 0.5) is 0 Å². The molecule has 0 nitrogen and oxygen atoms in total. The van der Waals surface area contributed by atoms with Gasteiger partial charge in [0, 0.05) is 0 Å². The molecule has 0 amide bonds. The Morgan fingerprint density at radius 2 is 1.81 bits per heavy atom. The minimum absolute atomic E-state index is 1.09. The average molecular weight is 218 g/mol. The summed E-state index contributed by atoms with van der Waals surface area (Å²) in [6.07, 6.45) is 9.76. The van der Waals surface area contributed by atoms with Crippen molar-refractivity contribution in [3.63, 3.8) is 0 Å². The Bertz CT molecular complexity index is 311. The van der Waals surface area contributed by atoms with Crippen molar-refractivity contribution >= 4 is 0 Å². The first-order chi connectivity index (χ1) is 7.62. The van der Waals surface area contributed by atoms with Crippen LogP contribution in [0.5, 0.6) is 0 Å². The van der Waals surface area contributed by atoms with Gasteiger partial charge in [0.25, 0.3) is 0 Å². The van der Waals surface area contributed by atoms with E-state index in [0.717, 1.165) is 6.42 Å². The summed E-state index contributed by atoms with van der Waals surface area (Å²) in [5.74, 6) is 0. The van der Waals surface area contributed by atoms with Gasteiger partial charge >= 0.3 is 0 Å². The molecule has 0 aromatic heterocycles. The van der Waals surface area contributed by atoms with Gasteiger partial charge in [0.1, 0.15) is 0 Å². The number of rotatable bonds is 6. The second kappa shape index (κ2) is 8.15. The monoisotopic (exact) mass is 218 g/mol. The maximum atomic E-state index is 3.87. The summed E-state index contributed by atoms with van der Waals surface area (Å²) in [5, 5.41) is 0. The van der Waals surface area contributed by atoms with E-state index in [1.807, 2.05) is 6.08 Å². The molecule has 0 radical (unpaired) electrons. The standard InChI is InChI=1S/C16H26/c1-7-11-14(6)15(10-4)16(12-8-2)13(5)9-3/h8-9,12H,3,7,10-11H2,1-2,4-6H3/b12-8-,15-14+,16-13+. The van der Waals surface area contributed by atoms with Crippen LogP contribution in [-0.2, 0) is 0 Å². The number of hydrogen-bond acceptors (Lipinski definition) is 0. The van der Waals surface area contributed by atoms with Gasteiger partial charge in [-0.3, -0.25) is 0 Å². The molecule has 0 spiro atoms. The largest absolute Gasteiger partial charge is 0.0988 e. The third-order valence-electron chi connectivity index (χ3n) is 2.88. The minimum Gasteiger partial charge on any atom is -0.0988 e. The van der Waals surface area contributed by atoms with Crippen molar-refractivity contribution in [2.45, 2.75) is 53.9 Å². The van der Waals surface area contributed by atoms with E-state index in [-0.39, 0.29) is 0 Å². The van der Waals surface area contributed by atoms with Crippen LogP contribution in [-0.4, -0.2) is 0 Å². The summed E-state index contributed by atoms with van der Waals surface area (Å²) in [6, 6.07) is 0. The Morgan fingerprint density at radius 1 is 1.19 bits per heavy atom. The fraction of sp³-hybridized carbons (Fsp3) is 0.500. The summed E-state index contributed by atoms with van der Waals surface area (Å²) in [6.45, 7) is 14.8. The second-order valence-corrected chi connectivity index (χ2v) is 4.16. The molecule has 0 heteroatoms. The topological polar surface area (TPSA) is 0 Å². The predicted octanol–water partition coefficient (Wildman–Crippen LogP) is 5.59. The summed E-state index contributed by atoms with van der Waals surface area (Å²) < 4.78 is 0. The Labute approximate surface area is 101 Å². The zero-order valence-corrected chi connectivity index (χ0v) is 11.6. The van der Waals surface area contributed by atoms with E-state index < -0.39 is 0 Å². The van der Waals surface area contributed by atoms with Gasteiger partial charge in [-0.05, 0) is 50.3 Å². The summed E-state index contributed by atoms with van der Waals surface area (Å²) in [4.78, 5) is 0. The maximum absolute atomic E-state index is 3.87. The van der Waals surface area contributed by atoms with E-state index in [9.17, 15) is 0 Å². The molecule has 0 rings (SSSR count). The summed E-state index contributed by atoms with van der Waals surface area (Å²) in [5.41, 5.74) is 5.62. The van der Waals surface area contributed by atoms with Crippen LogP contribution >= 0.6 is 0 Å². The van der Waals surface area contributed by atoms with Crippen LogP contribution in [0.25, 0.3) is 0 Å². The van der Waals surface area contributed by atoms with Crippen molar-refractivity contribution in [3.8, 4) is 0 Å². The fourth-order valence-electron chi connectivity index (χ4n) is 1.99. The highest BCUT2D eigenvalue weighted by Gasteiger charge is 2.06. The molecular weight excluding hydrogens is 192 g/mol. The highest BCUT2D eigenvalue weighted by Crippen LogP contribution is 2.25. The molecule has 90 valence electrons. The van der Waals surface area contributed by atoms with E-state index in [0.29, 0.717) is 0 Å². The summed E-state index contributed by atoms with van der Waals surface area (Å²) >= 11 is 0. The third-order valence-corrected chi connectivity index (χ3v) is 2.88. The van der Waals surface area contributed by atoms with Gasteiger partial charge in [-0.25, -0.2) is 0 Å². The van der Waals surface area contributed by atoms with Crippen LogP contribution < -0.4 is 0 Å². The molecule has 0 bridgehead atoms. The van der Waals surface area contributed by atoms with Crippen LogP contribution in [0.15, 0.2) is 47.1 Å². The van der Waals surface area contributed by atoms with Gasteiger partial charge in [-0.2, -0.15) is 0 Å². The Kier molecular flexibility index (Phi) is 7.62. The lowest BCUT2D eigenvalue weighted by Gasteiger charge is -2.13. The molecular formula is C16H26. The Morgan fingerprint density at radius 3 is 2.19 bits per heavy atom. The van der Waals surface area contributed by atoms with Crippen molar-refractivity contribution in [2.75, 3.05) is 0 Å². The molecule has 0 aliphatic rings. The SMILES string of the molecule is C=C/C(C)=C(\C=C/C)C(/CC)=C(\C)CCC. The quantitative estimate of drug-likeness (QED) is 0.510. The van der Waals surface area contributed by atoms with Crippen LogP contribution in [0.1, 0.15) is 53.9 Å². The number of allylic oxidation sites excluding steroid dienone is 7. The van der Waals surface area contributed by atoms with E-state index in [1.165, 1.54) is 35.1 Å². The van der Waals surface area contributed by atoms with Crippen molar-refractivity contribution in [2.24, 2.45) is 0 Å². The molecule has 0 aromatic carbocycles. The fourth-order valence-corrected chi connectivity index (χ4v) is 1.99. The van der Waals surface area contributed by atoms with Crippen molar-refractivity contribution in [1.29, 1.82) is 0 Å². The molecule has 0 heterocycles. The molecule has 0 saturated heterocycles. The van der Waals surface area contributed by atoms with Gasteiger partial charge in [-0.1, -0.05) is 50.6 Å². The molecule has 0 aliphatic carbocycles. The normalized spacial score (nSPS) is 14.8. The zero-order chi connectivity index (χ0) is 12.6. The van der Waals surface area contributed by atoms with Gasteiger partial charge < -0.3 is 0 Å². The maximum Gasteiger partial charge on any atom is -0.0199 e. The predicted molar refractivity (Wildman–Crippen MR) is 75.6 cm³/mol. The first-order valence-electron chi connectivity index (χ1n) is 6.27. The van der Waals surface area contributed by atoms with Gasteiger partial charge in [-0.15, -0.1) is 0 Å². The highest BCUT2D eigenvalue weighted by atomic mass is 14.1. The Hall–Kier alpha value is -1.04. The molecule has 0 atom stereocenters. The smallest absolute Gasteiger partial charge is 0.0199 e.